The second-order valence-electron chi connectivity index (χ2n) is 3.85. The van der Waals surface area contributed by atoms with Crippen LogP contribution in [0.4, 0.5) is 5.82 Å². The molecule has 1 heterocycles. The molecule has 0 unspecified atom stereocenters. The van der Waals surface area contributed by atoms with Crippen molar-refractivity contribution in [3.8, 4) is 0 Å². The number of carbonyl (C=O) groups excluding carboxylic acids is 2. The average Bonchev–Trinajstić information content (AvgIpc) is 2.46. The minimum Gasteiger partial charge on any atom is -0.468 e. The standard InChI is InChI=1S/C13H17BrN2O3S/c1-3-16(11-5-4-10(14)8-15-11)12(17)6-7-20-9-13(18)19-2/h4-5,8H,3,6-7,9H2,1-2H3. The molecule has 20 heavy (non-hydrogen) atoms. The largest absolute Gasteiger partial charge is 0.468 e. The summed E-state index contributed by atoms with van der Waals surface area (Å²) in [6.07, 6.45) is 2.03. The second kappa shape index (κ2) is 8.97. The predicted octanol–water partition coefficient (Wildman–Crippen LogP) is 2.49. The van der Waals surface area contributed by atoms with Crippen molar-refractivity contribution in [3.05, 3.63) is 22.8 Å². The molecule has 0 spiro atoms. The second-order valence-corrected chi connectivity index (χ2v) is 5.87. The number of pyridine rings is 1. The number of rotatable bonds is 7. The molecule has 0 aromatic carbocycles. The number of amides is 1. The Hall–Kier alpha value is -1.08. The Kier molecular flexibility index (Phi) is 7.61. The van der Waals surface area contributed by atoms with Crippen molar-refractivity contribution in [1.29, 1.82) is 0 Å². The van der Waals surface area contributed by atoms with E-state index >= 15 is 0 Å². The first-order valence-electron chi connectivity index (χ1n) is 6.15. The number of nitrogens with zero attached hydrogens (tertiary/aromatic N) is 2. The van der Waals surface area contributed by atoms with E-state index in [4.69, 9.17) is 0 Å². The van der Waals surface area contributed by atoms with E-state index < -0.39 is 0 Å². The number of ether oxygens (including phenoxy) is 1. The van der Waals surface area contributed by atoms with Crippen LogP contribution in [0.2, 0.25) is 0 Å². The number of thioether (sulfide) groups is 1. The van der Waals surface area contributed by atoms with Gasteiger partial charge in [0.15, 0.2) is 0 Å². The van der Waals surface area contributed by atoms with E-state index in [0.717, 1.165) is 4.47 Å². The van der Waals surface area contributed by atoms with Gasteiger partial charge in [0.1, 0.15) is 5.82 Å². The normalized spacial score (nSPS) is 10.2. The summed E-state index contributed by atoms with van der Waals surface area (Å²) >= 11 is 4.70. The highest BCUT2D eigenvalue weighted by atomic mass is 79.9. The zero-order valence-electron chi connectivity index (χ0n) is 11.5. The summed E-state index contributed by atoms with van der Waals surface area (Å²) in [6, 6.07) is 3.65. The fourth-order valence-corrected chi connectivity index (χ4v) is 2.49. The van der Waals surface area contributed by atoms with Gasteiger partial charge < -0.3 is 4.74 Å². The predicted molar refractivity (Wildman–Crippen MR) is 83.9 cm³/mol. The summed E-state index contributed by atoms with van der Waals surface area (Å²) in [4.78, 5) is 28.9. The van der Waals surface area contributed by atoms with Gasteiger partial charge in [0.2, 0.25) is 5.91 Å². The van der Waals surface area contributed by atoms with E-state index in [-0.39, 0.29) is 17.6 Å². The summed E-state index contributed by atoms with van der Waals surface area (Å²) in [5.41, 5.74) is 0. The molecule has 1 aromatic rings. The number of hydrogen-bond acceptors (Lipinski definition) is 5. The van der Waals surface area contributed by atoms with E-state index in [2.05, 4.69) is 25.7 Å². The topological polar surface area (TPSA) is 59.5 Å². The van der Waals surface area contributed by atoms with Gasteiger partial charge in [-0.2, -0.15) is 0 Å². The van der Waals surface area contributed by atoms with Crippen LogP contribution in [0.3, 0.4) is 0 Å². The van der Waals surface area contributed by atoms with Gasteiger partial charge in [-0.3, -0.25) is 14.5 Å². The van der Waals surface area contributed by atoms with Crippen molar-refractivity contribution in [2.45, 2.75) is 13.3 Å². The average molecular weight is 361 g/mol. The van der Waals surface area contributed by atoms with Crippen molar-refractivity contribution in [1.82, 2.24) is 4.98 Å². The molecule has 110 valence electrons. The first-order valence-corrected chi connectivity index (χ1v) is 8.09. The van der Waals surface area contributed by atoms with Crippen molar-refractivity contribution < 1.29 is 14.3 Å². The fourth-order valence-electron chi connectivity index (χ4n) is 1.50. The molecule has 1 rings (SSSR count). The monoisotopic (exact) mass is 360 g/mol. The maximum Gasteiger partial charge on any atom is 0.315 e. The first-order chi connectivity index (χ1) is 9.58. The van der Waals surface area contributed by atoms with Crippen LogP contribution in [-0.2, 0) is 14.3 Å². The lowest BCUT2D eigenvalue weighted by atomic mass is 10.3. The Bertz CT molecular complexity index is 453. The fraction of sp³-hybridized carbons (Fsp3) is 0.462. The van der Waals surface area contributed by atoms with E-state index in [1.807, 2.05) is 13.0 Å². The minimum atomic E-state index is -0.274. The highest BCUT2D eigenvalue weighted by Crippen LogP contribution is 2.16. The van der Waals surface area contributed by atoms with Gasteiger partial charge in [-0.15, -0.1) is 11.8 Å². The van der Waals surface area contributed by atoms with Crippen LogP contribution in [0.5, 0.6) is 0 Å². The third kappa shape index (κ3) is 5.50. The highest BCUT2D eigenvalue weighted by molar-refractivity contribution is 9.10. The lowest BCUT2D eigenvalue weighted by Crippen LogP contribution is -2.31. The molecule has 1 amide bonds. The molecule has 5 nitrogen and oxygen atoms in total. The molecule has 0 saturated heterocycles. The van der Waals surface area contributed by atoms with Crippen LogP contribution in [0.15, 0.2) is 22.8 Å². The lowest BCUT2D eigenvalue weighted by molar-refractivity contribution is -0.137. The Labute approximate surface area is 131 Å². The molecule has 0 aliphatic heterocycles. The smallest absolute Gasteiger partial charge is 0.315 e. The molecule has 0 aliphatic rings. The highest BCUT2D eigenvalue weighted by Gasteiger charge is 2.14. The van der Waals surface area contributed by atoms with Crippen molar-refractivity contribution in [3.63, 3.8) is 0 Å². The van der Waals surface area contributed by atoms with Crippen LogP contribution < -0.4 is 4.90 Å². The molecule has 0 atom stereocenters. The number of esters is 1. The molecule has 0 radical (unpaired) electrons. The number of halogens is 1. The van der Waals surface area contributed by atoms with Gasteiger partial charge in [0, 0.05) is 29.4 Å². The maximum atomic E-state index is 12.1. The number of carbonyl (C=O) groups is 2. The van der Waals surface area contributed by atoms with Crippen LogP contribution in [0.25, 0.3) is 0 Å². The molecule has 0 bridgehead atoms. The summed E-state index contributed by atoms with van der Waals surface area (Å²) in [6.45, 7) is 2.47. The van der Waals surface area contributed by atoms with Crippen molar-refractivity contribution >= 4 is 45.4 Å². The van der Waals surface area contributed by atoms with E-state index in [1.54, 1.807) is 17.2 Å². The van der Waals surface area contributed by atoms with Gasteiger partial charge in [-0.25, -0.2) is 4.98 Å². The van der Waals surface area contributed by atoms with E-state index in [0.29, 0.717) is 24.5 Å². The van der Waals surface area contributed by atoms with Crippen LogP contribution in [0.1, 0.15) is 13.3 Å². The van der Waals surface area contributed by atoms with Crippen molar-refractivity contribution in [2.75, 3.05) is 30.1 Å². The molecule has 7 heteroatoms. The molecule has 0 aliphatic carbocycles. The SMILES string of the molecule is CCN(C(=O)CCSCC(=O)OC)c1ccc(Br)cn1. The number of anilines is 1. The van der Waals surface area contributed by atoms with Crippen LogP contribution in [-0.4, -0.2) is 42.0 Å². The number of hydrogen-bond donors (Lipinski definition) is 0. The van der Waals surface area contributed by atoms with Gasteiger partial charge in [-0.05, 0) is 35.0 Å². The van der Waals surface area contributed by atoms with Gasteiger partial charge >= 0.3 is 5.97 Å². The Morgan fingerprint density at radius 1 is 1.45 bits per heavy atom. The van der Waals surface area contributed by atoms with Crippen LogP contribution in [0, 0.1) is 0 Å². The summed E-state index contributed by atoms with van der Waals surface area (Å²) in [5, 5.41) is 0. The van der Waals surface area contributed by atoms with Gasteiger partial charge in [0.25, 0.3) is 0 Å². The first kappa shape index (κ1) is 17.0. The van der Waals surface area contributed by atoms with Gasteiger partial charge in [-0.1, -0.05) is 0 Å². The molecule has 0 saturated carbocycles. The molecular formula is C13H17BrN2O3S. The number of methoxy groups -OCH3 is 1. The third-order valence-electron chi connectivity index (χ3n) is 2.51. The molecule has 0 fully saturated rings. The van der Waals surface area contributed by atoms with Crippen LogP contribution >= 0.6 is 27.7 Å². The lowest BCUT2D eigenvalue weighted by Gasteiger charge is -2.19. The van der Waals surface area contributed by atoms with E-state index in [9.17, 15) is 9.59 Å². The maximum absolute atomic E-state index is 12.1. The summed E-state index contributed by atoms with van der Waals surface area (Å²) < 4.78 is 5.41. The molecular weight excluding hydrogens is 344 g/mol. The zero-order chi connectivity index (χ0) is 15.0. The summed E-state index contributed by atoms with van der Waals surface area (Å²) in [5.74, 6) is 1.22. The quantitative estimate of drug-likeness (QED) is 0.552. The third-order valence-corrected chi connectivity index (χ3v) is 3.92. The van der Waals surface area contributed by atoms with E-state index in [1.165, 1.54) is 18.9 Å². The Morgan fingerprint density at radius 2 is 2.20 bits per heavy atom. The Balaban J connectivity index is 2.47. The summed E-state index contributed by atoms with van der Waals surface area (Å²) in [7, 11) is 1.35. The van der Waals surface area contributed by atoms with Crippen molar-refractivity contribution in [2.24, 2.45) is 0 Å². The minimum absolute atomic E-state index is 0.000289. The number of aromatic nitrogens is 1. The van der Waals surface area contributed by atoms with Gasteiger partial charge in [0.05, 0.1) is 12.9 Å². The molecule has 1 aromatic heterocycles. The zero-order valence-corrected chi connectivity index (χ0v) is 13.9. The Morgan fingerprint density at radius 3 is 2.75 bits per heavy atom. The molecule has 0 N–H and O–H groups in total.